The van der Waals surface area contributed by atoms with Crippen LogP contribution >= 0.6 is 24.0 Å². The smallest absolute Gasteiger partial charge is 0.310 e. The third kappa shape index (κ3) is 7.67. The Balaban J connectivity index is 0.00000484. The number of ether oxygens (including phenoxy) is 1. The number of hydrogen-bond acceptors (Lipinski definition) is 5. The van der Waals surface area contributed by atoms with Gasteiger partial charge in [-0.3, -0.25) is 4.79 Å². The van der Waals surface area contributed by atoms with Crippen LogP contribution in [-0.4, -0.2) is 37.3 Å². The van der Waals surface area contributed by atoms with E-state index in [1.54, 1.807) is 6.92 Å². The molecule has 132 valence electrons. The van der Waals surface area contributed by atoms with Crippen molar-refractivity contribution in [1.29, 1.82) is 0 Å². The van der Waals surface area contributed by atoms with E-state index in [1.165, 1.54) is 7.11 Å². The van der Waals surface area contributed by atoms with Crippen LogP contribution in [0, 0.1) is 5.92 Å². The third-order valence-electron chi connectivity index (χ3n) is 3.09. The van der Waals surface area contributed by atoms with Crippen molar-refractivity contribution in [2.45, 2.75) is 40.2 Å². The highest BCUT2D eigenvalue weighted by atomic mass is 127. The summed E-state index contributed by atoms with van der Waals surface area (Å²) in [6.07, 6.45) is 0. The van der Waals surface area contributed by atoms with Gasteiger partial charge >= 0.3 is 5.97 Å². The molecule has 0 spiro atoms. The largest absolute Gasteiger partial charge is 0.469 e. The maximum atomic E-state index is 11.4. The minimum Gasteiger partial charge on any atom is -0.469 e. The third-order valence-corrected chi connectivity index (χ3v) is 3.09. The van der Waals surface area contributed by atoms with Gasteiger partial charge in [-0.05, 0) is 12.8 Å². The fourth-order valence-corrected chi connectivity index (χ4v) is 1.71. The lowest BCUT2D eigenvalue weighted by atomic mass is 10.1. The van der Waals surface area contributed by atoms with Crippen molar-refractivity contribution in [2.75, 3.05) is 20.2 Å². The molecular formula is C15H27IN4O3. The average Bonchev–Trinajstić information content (AvgIpc) is 2.98. The number of carbonyl (C=O) groups excluding carboxylic acids is 1. The Labute approximate surface area is 154 Å². The van der Waals surface area contributed by atoms with Crippen LogP contribution < -0.4 is 10.6 Å². The second kappa shape index (κ2) is 11.3. The molecule has 1 unspecified atom stereocenters. The molecule has 0 saturated carbocycles. The van der Waals surface area contributed by atoms with Gasteiger partial charge in [0.25, 0.3) is 0 Å². The molecule has 2 N–H and O–H groups in total. The fourth-order valence-electron chi connectivity index (χ4n) is 1.71. The first-order valence-electron chi connectivity index (χ1n) is 7.53. The number of guanidine groups is 1. The van der Waals surface area contributed by atoms with Gasteiger partial charge in [-0.1, -0.05) is 25.9 Å². The van der Waals surface area contributed by atoms with Crippen molar-refractivity contribution in [1.82, 2.24) is 15.8 Å². The van der Waals surface area contributed by atoms with Crippen molar-refractivity contribution in [3.05, 3.63) is 17.5 Å². The van der Waals surface area contributed by atoms with E-state index in [2.05, 4.69) is 34.6 Å². The number of methoxy groups -OCH3 is 1. The molecule has 0 aromatic carbocycles. The fraction of sp³-hybridized carbons (Fsp3) is 0.667. The SMILES string of the molecule is CCNC(=NCc1cc(C(C)C)no1)NCC(C)C(=O)OC.I. The number of aliphatic imine (C=N–C) groups is 1. The van der Waals surface area contributed by atoms with Crippen LogP contribution in [-0.2, 0) is 16.1 Å². The monoisotopic (exact) mass is 438 g/mol. The summed E-state index contributed by atoms with van der Waals surface area (Å²) in [6.45, 7) is 9.47. The molecule has 0 saturated heterocycles. The second-order valence-corrected chi connectivity index (χ2v) is 5.37. The first-order valence-corrected chi connectivity index (χ1v) is 7.53. The molecule has 8 heteroatoms. The molecule has 0 bridgehead atoms. The summed E-state index contributed by atoms with van der Waals surface area (Å²) in [5.41, 5.74) is 0.919. The van der Waals surface area contributed by atoms with Crippen LogP contribution in [0.25, 0.3) is 0 Å². The minimum absolute atomic E-state index is 0. The second-order valence-electron chi connectivity index (χ2n) is 5.37. The Bertz CT molecular complexity index is 503. The van der Waals surface area contributed by atoms with Gasteiger partial charge in [0, 0.05) is 19.2 Å². The number of aromatic nitrogens is 1. The molecule has 0 aliphatic rings. The van der Waals surface area contributed by atoms with Gasteiger partial charge in [0.1, 0.15) is 6.54 Å². The predicted molar refractivity (Wildman–Crippen MR) is 100 cm³/mol. The standard InChI is InChI=1S/C15H26N4O3.HI/c1-6-16-15(17-8-11(4)14(20)21-5)18-9-12-7-13(10(2)3)19-22-12;/h7,10-11H,6,8-9H2,1-5H3,(H2,16,17,18);1H. The van der Waals surface area contributed by atoms with Crippen molar-refractivity contribution >= 4 is 35.9 Å². The van der Waals surface area contributed by atoms with Crippen molar-refractivity contribution in [2.24, 2.45) is 10.9 Å². The molecule has 1 rings (SSSR count). The molecule has 1 atom stereocenters. The van der Waals surface area contributed by atoms with Crippen molar-refractivity contribution in [3.8, 4) is 0 Å². The van der Waals surface area contributed by atoms with Gasteiger partial charge in [0.05, 0.1) is 18.7 Å². The summed E-state index contributed by atoms with van der Waals surface area (Å²) in [7, 11) is 1.38. The molecule has 0 aliphatic carbocycles. The van der Waals surface area contributed by atoms with E-state index in [1.807, 2.05) is 13.0 Å². The summed E-state index contributed by atoms with van der Waals surface area (Å²) < 4.78 is 9.95. The molecule has 7 nitrogen and oxygen atoms in total. The van der Waals surface area contributed by atoms with Crippen LogP contribution in [0.15, 0.2) is 15.6 Å². The molecular weight excluding hydrogens is 411 g/mol. The van der Waals surface area contributed by atoms with Gasteiger partial charge in [0.15, 0.2) is 11.7 Å². The molecule has 1 aromatic rings. The first-order chi connectivity index (χ1) is 10.5. The van der Waals surface area contributed by atoms with E-state index >= 15 is 0 Å². The van der Waals surface area contributed by atoms with Crippen molar-refractivity contribution in [3.63, 3.8) is 0 Å². The van der Waals surface area contributed by atoms with E-state index in [9.17, 15) is 4.79 Å². The Morgan fingerprint density at radius 1 is 1.39 bits per heavy atom. The normalized spacial score (nSPS) is 12.5. The molecule has 0 aliphatic heterocycles. The number of hydrogen-bond donors (Lipinski definition) is 2. The Morgan fingerprint density at radius 2 is 2.09 bits per heavy atom. The highest BCUT2D eigenvalue weighted by Crippen LogP contribution is 2.14. The van der Waals surface area contributed by atoms with E-state index in [-0.39, 0.29) is 35.9 Å². The minimum atomic E-state index is -0.250. The quantitative estimate of drug-likeness (QED) is 0.294. The highest BCUT2D eigenvalue weighted by molar-refractivity contribution is 14.0. The summed E-state index contributed by atoms with van der Waals surface area (Å²) >= 11 is 0. The van der Waals surface area contributed by atoms with Gasteiger partial charge in [-0.15, -0.1) is 24.0 Å². The van der Waals surface area contributed by atoms with Crippen LogP contribution in [0.5, 0.6) is 0 Å². The maximum Gasteiger partial charge on any atom is 0.310 e. The maximum absolute atomic E-state index is 11.4. The first kappa shape index (κ1) is 21.7. The highest BCUT2D eigenvalue weighted by Gasteiger charge is 2.13. The number of esters is 1. The number of nitrogens with zero attached hydrogens (tertiary/aromatic N) is 2. The molecule has 1 heterocycles. The Morgan fingerprint density at radius 3 is 2.61 bits per heavy atom. The van der Waals surface area contributed by atoms with E-state index in [0.29, 0.717) is 30.7 Å². The van der Waals surface area contributed by atoms with Gasteiger partial charge < -0.3 is 19.9 Å². The zero-order valence-electron chi connectivity index (χ0n) is 14.4. The summed E-state index contributed by atoms with van der Waals surface area (Å²) in [5, 5.41) is 10.2. The van der Waals surface area contributed by atoms with Crippen LogP contribution in [0.2, 0.25) is 0 Å². The van der Waals surface area contributed by atoms with E-state index in [4.69, 9.17) is 9.26 Å². The molecule has 0 amide bonds. The topological polar surface area (TPSA) is 88.8 Å². The number of rotatable bonds is 7. The van der Waals surface area contributed by atoms with Gasteiger partial charge in [0.2, 0.25) is 0 Å². The van der Waals surface area contributed by atoms with Crippen LogP contribution in [0.4, 0.5) is 0 Å². The van der Waals surface area contributed by atoms with Crippen molar-refractivity contribution < 1.29 is 14.1 Å². The van der Waals surface area contributed by atoms with Gasteiger partial charge in [-0.25, -0.2) is 4.99 Å². The lowest BCUT2D eigenvalue weighted by molar-refractivity contribution is -0.144. The van der Waals surface area contributed by atoms with E-state index < -0.39 is 0 Å². The van der Waals surface area contributed by atoms with Crippen LogP contribution in [0.3, 0.4) is 0 Å². The Hall–Kier alpha value is -1.32. The molecule has 0 fully saturated rings. The molecule has 0 radical (unpaired) electrons. The average molecular weight is 438 g/mol. The predicted octanol–water partition coefficient (Wildman–Crippen LogP) is 2.28. The molecule has 23 heavy (non-hydrogen) atoms. The summed E-state index contributed by atoms with van der Waals surface area (Å²) in [4.78, 5) is 15.8. The van der Waals surface area contributed by atoms with E-state index in [0.717, 1.165) is 12.2 Å². The lowest BCUT2D eigenvalue weighted by Crippen LogP contribution is -2.40. The number of halogens is 1. The zero-order chi connectivity index (χ0) is 16.5. The summed E-state index contributed by atoms with van der Waals surface area (Å²) in [5.74, 6) is 1.17. The van der Waals surface area contributed by atoms with Crippen LogP contribution in [0.1, 0.15) is 45.1 Å². The molecule has 1 aromatic heterocycles. The summed E-state index contributed by atoms with van der Waals surface area (Å²) in [6, 6.07) is 1.91. The lowest BCUT2D eigenvalue weighted by Gasteiger charge is -2.14. The Kier molecular flexibility index (Phi) is 10.6. The number of nitrogens with one attached hydrogen (secondary N) is 2. The zero-order valence-corrected chi connectivity index (χ0v) is 16.7. The van der Waals surface area contributed by atoms with Gasteiger partial charge in [-0.2, -0.15) is 0 Å². The number of carbonyl (C=O) groups is 1.